The summed E-state index contributed by atoms with van der Waals surface area (Å²) in [6, 6.07) is 16.0. The monoisotopic (exact) mass is 553 g/mol. The number of hydrogen-bond acceptors (Lipinski definition) is 7. The van der Waals surface area contributed by atoms with E-state index in [1.54, 1.807) is 41.8 Å². The molecule has 0 spiro atoms. The first-order valence-electron chi connectivity index (χ1n) is 11.7. The summed E-state index contributed by atoms with van der Waals surface area (Å²) in [5, 5.41) is 0. The van der Waals surface area contributed by atoms with Gasteiger partial charge in [-0.2, -0.15) is 4.99 Å². The summed E-state index contributed by atoms with van der Waals surface area (Å²) in [6.07, 6.45) is 0. The molecule has 0 fully saturated rings. The van der Waals surface area contributed by atoms with Gasteiger partial charge in [-0.3, -0.25) is 14.3 Å². The van der Waals surface area contributed by atoms with Gasteiger partial charge in [0.2, 0.25) is 0 Å². The van der Waals surface area contributed by atoms with E-state index in [0.717, 1.165) is 21.3 Å². The van der Waals surface area contributed by atoms with Crippen LogP contribution in [0.1, 0.15) is 28.4 Å². The number of sulfonamides is 1. The number of hydrogen-bond donors (Lipinski definition) is 1. The molecule has 0 aliphatic rings. The molecular formula is C27H27N3O6S2. The van der Waals surface area contributed by atoms with E-state index in [1.807, 2.05) is 26.0 Å². The van der Waals surface area contributed by atoms with Gasteiger partial charge in [-0.1, -0.05) is 17.4 Å². The average Bonchev–Trinajstić information content (AvgIpc) is 3.19. The van der Waals surface area contributed by atoms with Crippen LogP contribution in [0.15, 0.2) is 70.6 Å². The van der Waals surface area contributed by atoms with E-state index in [2.05, 4.69) is 9.71 Å². The number of amides is 1. The van der Waals surface area contributed by atoms with Gasteiger partial charge < -0.3 is 14.0 Å². The fourth-order valence-corrected chi connectivity index (χ4v) is 5.89. The second-order valence-corrected chi connectivity index (χ2v) is 11.2. The number of fused-ring (bicyclic) bond motifs is 1. The maximum Gasteiger partial charge on any atom is 0.326 e. The Morgan fingerprint density at radius 3 is 2.42 bits per heavy atom. The lowest BCUT2D eigenvalue weighted by Gasteiger charge is -2.09. The highest BCUT2D eigenvalue weighted by atomic mass is 32.2. The minimum atomic E-state index is -3.89. The quantitative estimate of drug-likeness (QED) is 0.323. The van der Waals surface area contributed by atoms with E-state index >= 15 is 0 Å². The van der Waals surface area contributed by atoms with Crippen molar-refractivity contribution in [3.05, 3.63) is 82.2 Å². The van der Waals surface area contributed by atoms with Crippen LogP contribution in [0.2, 0.25) is 0 Å². The van der Waals surface area contributed by atoms with Gasteiger partial charge in [0, 0.05) is 11.3 Å². The Kier molecular flexibility index (Phi) is 7.98. The fourth-order valence-electron chi connectivity index (χ4n) is 3.73. The molecule has 1 aromatic heterocycles. The molecule has 3 aromatic carbocycles. The first-order valence-corrected chi connectivity index (χ1v) is 14.0. The zero-order valence-corrected chi connectivity index (χ0v) is 23.0. The topological polar surface area (TPSA) is 116 Å². The third-order valence-corrected chi connectivity index (χ3v) is 8.26. The van der Waals surface area contributed by atoms with Crippen LogP contribution in [-0.4, -0.2) is 38.6 Å². The Hall–Kier alpha value is -3.96. The van der Waals surface area contributed by atoms with Crippen molar-refractivity contribution in [3.63, 3.8) is 0 Å². The first-order chi connectivity index (χ1) is 18.1. The summed E-state index contributed by atoms with van der Waals surface area (Å²) in [4.78, 5) is 30.2. The van der Waals surface area contributed by atoms with Crippen molar-refractivity contribution in [2.45, 2.75) is 32.2 Å². The second kappa shape index (κ2) is 11.2. The number of esters is 1. The molecule has 11 heteroatoms. The van der Waals surface area contributed by atoms with Crippen molar-refractivity contribution in [3.8, 4) is 5.75 Å². The number of nitrogens with one attached hydrogen (secondary N) is 1. The van der Waals surface area contributed by atoms with E-state index < -0.39 is 21.9 Å². The van der Waals surface area contributed by atoms with Gasteiger partial charge in [0.05, 0.1) is 28.8 Å². The second-order valence-electron chi connectivity index (χ2n) is 8.46. The number of anilines is 1. The van der Waals surface area contributed by atoms with Crippen molar-refractivity contribution in [1.82, 2.24) is 4.57 Å². The summed E-state index contributed by atoms with van der Waals surface area (Å²) in [5.41, 5.74) is 3.30. The Morgan fingerprint density at radius 1 is 1.03 bits per heavy atom. The summed E-state index contributed by atoms with van der Waals surface area (Å²) in [7, 11) is -2.40. The predicted octanol–water partition coefficient (Wildman–Crippen LogP) is 4.43. The molecule has 0 aliphatic carbocycles. The van der Waals surface area contributed by atoms with Gasteiger partial charge in [-0.15, -0.1) is 0 Å². The molecule has 1 heterocycles. The molecular weight excluding hydrogens is 526 g/mol. The third kappa shape index (κ3) is 5.95. The molecule has 0 unspecified atom stereocenters. The molecule has 0 aliphatic heterocycles. The van der Waals surface area contributed by atoms with Crippen LogP contribution >= 0.6 is 11.3 Å². The highest BCUT2D eigenvalue weighted by Crippen LogP contribution is 2.23. The number of methoxy groups -OCH3 is 1. The zero-order chi connectivity index (χ0) is 27.4. The summed E-state index contributed by atoms with van der Waals surface area (Å²) in [6.45, 7) is 5.84. The van der Waals surface area contributed by atoms with E-state index in [-0.39, 0.29) is 29.3 Å². The minimum absolute atomic E-state index is 0.0515. The lowest BCUT2D eigenvalue weighted by atomic mass is 10.1. The van der Waals surface area contributed by atoms with Gasteiger partial charge >= 0.3 is 5.97 Å². The van der Waals surface area contributed by atoms with Crippen molar-refractivity contribution >= 4 is 49.1 Å². The van der Waals surface area contributed by atoms with Crippen LogP contribution < -0.4 is 14.3 Å². The van der Waals surface area contributed by atoms with E-state index in [1.165, 1.54) is 36.6 Å². The number of aryl methyl sites for hydroxylation is 2. The summed E-state index contributed by atoms with van der Waals surface area (Å²) < 4.78 is 40.9. The molecule has 0 bridgehead atoms. The Labute approximate surface area is 224 Å². The van der Waals surface area contributed by atoms with Crippen LogP contribution in [0, 0.1) is 13.8 Å². The smallest absolute Gasteiger partial charge is 0.326 e. The highest BCUT2D eigenvalue weighted by Gasteiger charge is 2.17. The van der Waals surface area contributed by atoms with Crippen LogP contribution in [0.25, 0.3) is 10.2 Å². The number of rotatable bonds is 8. The molecule has 0 atom stereocenters. The van der Waals surface area contributed by atoms with Gasteiger partial charge in [0.25, 0.3) is 15.9 Å². The zero-order valence-electron chi connectivity index (χ0n) is 21.3. The van der Waals surface area contributed by atoms with Crippen LogP contribution in [-0.2, 0) is 26.1 Å². The number of ether oxygens (including phenoxy) is 2. The highest BCUT2D eigenvalue weighted by molar-refractivity contribution is 7.92. The predicted molar refractivity (Wildman–Crippen MR) is 146 cm³/mol. The molecule has 0 saturated heterocycles. The number of thiazole rings is 1. The molecule has 38 heavy (non-hydrogen) atoms. The Balaban J connectivity index is 1.68. The maximum absolute atomic E-state index is 13.2. The third-order valence-electron chi connectivity index (χ3n) is 5.82. The normalized spacial score (nSPS) is 11.9. The van der Waals surface area contributed by atoms with Gasteiger partial charge in [0.15, 0.2) is 4.80 Å². The number of benzene rings is 3. The number of carbonyl (C=O) groups is 2. The molecule has 0 radical (unpaired) electrons. The standard InChI is InChI=1S/C27H27N3O6S2/c1-5-36-25(31)16-30-23-13-17(2)18(3)14-24(23)37-27(30)28-26(32)19-7-6-8-20(15-19)29-38(33,34)22-11-9-21(35-4)10-12-22/h6-15,29H,5,16H2,1-4H3. The molecule has 0 saturated carbocycles. The average molecular weight is 554 g/mol. The van der Waals surface area contributed by atoms with E-state index in [0.29, 0.717) is 10.6 Å². The molecule has 9 nitrogen and oxygen atoms in total. The van der Waals surface area contributed by atoms with Crippen LogP contribution in [0.5, 0.6) is 5.75 Å². The molecule has 198 valence electrons. The first kappa shape index (κ1) is 27.1. The summed E-state index contributed by atoms with van der Waals surface area (Å²) in [5.74, 6) is -0.479. The van der Waals surface area contributed by atoms with Gasteiger partial charge in [-0.05, 0) is 86.5 Å². The molecule has 1 N–H and O–H groups in total. The number of nitrogens with zero attached hydrogens (tertiary/aromatic N) is 2. The van der Waals surface area contributed by atoms with E-state index in [9.17, 15) is 18.0 Å². The molecule has 4 rings (SSSR count). The lowest BCUT2D eigenvalue weighted by molar-refractivity contribution is -0.143. The van der Waals surface area contributed by atoms with Crippen molar-refractivity contribution in [2.24, 2.45) is 4.99 Å². The maximum atomic E-state index is 13.2. The summed E-state index contributed by atoms with van der Waals surface area (Å²) >= 11 is 1.29. The van der Waals surface area contributed by atoms with E-state index in [4.69, 9.17) is 9.47 Å². The lowest BCUT2D eigenvalue weighted by Crippen LogP contribution is -2.23. The van der Waals surface area contributed by atoms with Crippen LogP contribution in [0.4, 0.5) is 5.69 Å². The van der Waals surface area contributed by atoms with Gasteiger partial charge in [0.1, 0.15) is 12.3 Å². The number of carbonyl (C=O) groups excluding carboxylic acids is 2. The van der Waals surface area contributed by atoms with Crippen LogP contribution in [0.3, 0.4) is 0 Å². The number of aromatic nitrogens is 1. The Morgan fingerprint density at radius 2 is 1.74 bits per heavy atom. The largest absolute Gasteiger partial charge is 0.497 e. The van der Waals surface area contributed by atoms with Crippen molar-refractivity contribution in [2.75, 3.05) is 18.4 Å². The molecule has 1 amide bonds. The fraction of sp³-hybridized carbons (Fsp3) is 0.222. The Bertz CT molecular complexity index is 1690. The minimum Gasteiger partial charge on any atom is -0.497 e. The molecule has 4 aromatic rings. The SMILES string of the molecule is CCOC(=O)Cn1c(=NC(=O)c2cccc(NS(=O)(=O)c3ccc(OC)cc3)c2)sc2cc(C)c(C)cc21. The van der Waals surface area contributed by atoms with Gasteiger partial charge in [-0.25, -0.2) is 8.42 Å². The van der Waals surface area contributed by atoms with Crippen molar-refractivity contribution in [1.29, 1.82) is 0 Å². The van der Waals surface area contributed by atoms with Crippen molar-refractivity contribution < 1.29 is 27.5 Å².